The highest BCUT2D eigenvalue weighted by Crippen LogP contribution is 2.48. The topological polar surface area (TPSA) is 61.7 Å². The summed E-state index contributed by atoms with van der Waals surface area (Å²) in [5, 5.41) is 11.1. The Kier molecular flexibility index (Phi) is 4.46. The van der Waals surface area contributed by atoms with Crippen LogP contribution in [0.1, 0.15) is 70.1 Å². The molecule has 0 amide bonds. The van der Waals surface area contributed by atoms with Crippen molar-refractivity contribution in [3.63, 3.8) is 0 Å². The number of aryl methyl sites for hydroxylation is 1. The molecule has 1 aliphatic rings. The Labute approximate surface area is 188 Å². The lowest BCUT2D eigenvalue weighted by Gasteiger charge is -2.28. The molecule has 0 spiro atoms. The van der Waals surface area contributed by atoms with Crippen LogP contribution in [0.4, 0.5) is 10.2 Å². The zero-order valence-electron chi connectivity index (χ0n) is 19.8. The van der Waals surface area contributed by atoms with Crippen LogP contribution < -0.4 is 5.73 Å². The highest BCUT2D eigenvalue weighted by molar-refractivity contribution is 5.94. The van der Waals surface area contributed by atoms with E-state index in [1.165, 1.54) is 30.0 Å². The summed E-state index contributed by atoms with van der Waals surface area (Å²) in [6, 6.07) is 7.73. The van der Waals surface area contributed by atoms with E-state index in [-0.39, 0.29) is 11.2 Å². The van der Waals surface area contributed by atoms with E-state index in [0.717, 1.165) is 21.8 Å². The Hall–Kier alpha value is -2.89. The van der Waals surface area contributed by atoms with Gasteiger partial charge in [0.1, 0.15) is 5.82 Å². The SMILES string of the molecule is Cn1ncc2ccc(F)c(C(C)(C)Cn3nc(N)c4c(C(C)(C)C)c(C5CC5)ccc43)c21. The van der Waals surface area contributed by atoms with Crippen LogP contribution in [-0.4, -0.2) is 19.6 Å². The standard InChI is InChI=1S/C26H32FN5/c1-25(2,3)21-17(15-7-8-15)10-12-19-20(21)24(28)30-32(19)14-26(4,5)22-18(27)11-9-16-13-29-31(6)23(16)22/h9-13,15H,7-8,14H2,1-6H3,(H2,28,30). The predicted octanol–water partition coefficient (Wildman–Crippen LogP) is 5.80. The summed E-state index contributed by atoms with van der Waals surface area (Å²) in [6.45, 7) is 11.4. The van der Waals surface area contributed by atoms with Crippen LogP contribution in [0.25, 0.3) is 21.8 Å². The van der Waals surface area contributed by atoms with Crippen molar-refractivity contribution in [2.75, 3.05) is 5.73 Å². The van der Waals surface area contributed by atoms with E-state index >= 15 is 4.39 Å². The first-order valence-corrected chi connectivity index (χ1v) is 11.4. The van der Waals surface area contributed by atoms with Gasteiger partial charge in [0.25, 0.3) is 0 Å². The maximum absolute atomic E-state index is 15.2. The van der Waals surface area contributed by atoms with Crippen LogP contribution >= 0.6 is 0 Å². The van der Waals surface area contributed by atoms with E-state index in [1.807, 2.05) is 11.7 Å². The van der Waals surface area contributed by atoms with Crippen molar-refractivity contribution in [1.82, 2.24) is 19.6 Å². The first-order valence-electron chi connectivity index (χ1n) is 11.4. The second-order valence-electron chi connectivity index (χ2n) is 11.0. The fourth-order valence-electron chi connectivity index (χ4n) is 5.32. The average molecular weight is 434 g/mol. The average Bonchev–Trinajstić information content (AvgIpc) is 3.42. The van der Waals surface area contributed by atoms with Crippen molar-refractivity contribution in [2.45, 2.75) is 70.8 Å². The summed E-state index contributed by atoms with van der Waals surface area (Å²) in [6.07, 6.45) is 4.26. The fourth-order valence-corrected chi connectivity index (χ4v) is 5.32. The molecule has 2 N–H and O–H groups in total. The van der Waals surface area contributed by atoms with Crippen LogP contribution in [0.15, 0.2) is 30.5 Å². The van der Waals surface area contributed by atoms with Crippen molar-refractivity contribution >= 4 is 27.6 Å². The number of hydrogen-bond donors (Lipinski definition) is 1. The van der Waals surface area contributed by atoms with Crippen molar-refractivity contribution < 1.29 is 4.39 Å². The summed E-state index contributed by atoms with van der Waals surface area (Å²) in [7, 11) is 1.86. The van der Waals surface area contributed by atoms with Gasteiger partial charge in [0.15, 0.2) is 5.82 Å². The Morgan fingerprint density at radius 3 is 2.44 bits per heavy atom. The fraction of sp³-hybridized carbons (Fsp3) is 0.462. The number of nitrogen functional groups attached to an aromatic ring is 1. The van der Waals surface area contributed by atoms with Crippen molar-refractivity contribution in [2.24, 2.45) is 7.05 Å². The number of anilines is 1. The molecule has 5 rings (SSSR count). The molecule has 0 radical (unpaired) electrons. The Morgan fingerprint density at radius 1 is 1.06 bits per heavy atom. The molecule has 5 nitrogen and oxygen atoms in total. The molecular formula is C26H32FN5. The van der Waals surface area contributed by atoms with Gasteiger partial charge in [0.2, 0.25) is 0 Å². The lowest BCUT2D eigenvalue weighted by atomic mass is 9.80. The van der Waals surface area contributed by atoms with Crippen LogP contribution in [0.5, 0.6) is 0 Å². The Balaban J connectivity index is 1.67. The Bertz CT molecular complexity index is 1350. The van der Waals surface area contributed by atoms with Crippen LogP contribution in [-0.2, 0) is 24.4 Å². The minimum atomic E-state index is -0.528. The number of benzene rings is 2. The van der Waals surface area contributed by atoms with E-state index in [2.05, 4.69) is 51.9 Å². The van der Waals surface area contributed by atoms with E-state index < -0.39 is 5.41 Å². The number of hydrogen-bond acceptors (Lipinski definition) is 3. The molecule has 168 valence electrons. The van der Waals surface area contributed by atoms with Gasteiger partial charge in [-0.1, -0.05) is 40.7 Å². The summed E-state index contributed by atoms with van der Waals surface area (Å²) >= 11 is 0. The van der Waals surface area contributed by atoms with E-state index in [0.29, 0.717) is 23.8 Å². The lowest BCUT2D eigenvalue weighted by molar-refractivity contribution is 0.401. The van der Waals surface area contributed by atoms with Crippen LogP contribution in [0, 0.1) is 5.82 Å². The molecule has 6 heteroatoms. The van der Waals surface area contributed by atoms with Gasteiger partial charge in [-0.25, -0.2) is 4.39 Å². The lowest BCUT2D eigenvalue weighted by Crippen LogP contribution is -2.27. The second-order valence-corrected chi connectivity index (χ2v) is 11.0. The molecule has 0 unspecified atom stereocenters. The number of nitrogens with zero attached hydrogens (tertiary/aromatic N) is 4. The molecule has 1 aliphatic carbocycles. The molecular weight excluding hydrogens is 401 g/mol. The molecule has 0 saturated heterocycles. The zero-order chi connectivity index (χ0) is 23.0. The number of aromatic nitrogens is 4. The van der Waals surface area contributed by atoms with Gasteiger partial charge in [0.05, 0.1) is 23.8 Å². The molecule has 1 saturated carbocycles. The van der Waals surface area contributed by atoms with Gasteiger partial charge in [-0.15, -0.1) is 0 Å². The van der Waals surface area contributed by atoms with Crippen LogP contribution in [0.2, 0.25) is 0 Å². The highest BCUT2D eigenvalue weighted by atomic mass is 19.1. The van der Waals surface area contributed by atoms with E-state index in [4.69, 9.17) is 10.8 Å². The zero-order valence-corrected chi connectivity index (χ0v) is 19.8. The summed E-state index contributed by atoms with van der Waals surface area (Å²) in [4.78, 5) is 0. The third-order valence-electron chi connectivity index (χ3n) is 6.82. The maximum atomic E-state index is 15.2. The number of rotatable bonds is 4. The van der Waals surface area contributed by atoms with Crippen LogP contribution in [0.3, 0.4) is 0 Å². The van der Waals surface area contributed by atoms with Gasteiger partial charge >= 0.3 is 0 Å². The quantitative estimate of drug-likeness (QED) is 0.443. The van der Waals surface area contributed by atoms with E-state index in [9.17, 15) is 0 Å². The smallest absolute Gasteiger partial charge is 0.153 e. The van der Waals surface area contributed by atoms with Gasteiger partial charge < -0.3 is 5.73 Å². The summed E-state index contributed by atoms with van der Waals surface area (Å²) in [5.74, 6) is 0.966. The number of nitrogens with two attached hydrogens (primary N) is 1. The predicted molar refractivity (Wildman–Crippen MR) is 129 cm³/mol. The van der Waals surface area contributed by atoms with Crippen molar-refractivity contribution in [3.05, 3.63) is 53.0 Å². The third kappa shape index (κ3) is 3.19. The van der Waals surface area contributed by atoms with Gasteiger partial charge in [-0.3, -0.25) is 9.36 Å². The number of halogens is 1. The monoisotopic (exact) mass is 433 g/mol. The summed E-state index contributed by atoms with van der Waals surface area (Å²) in [5.41, 5.74) is 11.2. The molecule has 2 aromatic carbocycles. The van der Waals surface area contributed by atoms with Crippen molar-refractivity contribution in [1.29, 1.82) is 0 Å². The number of fused-ring (bicyclic) bond motifs is 2. The minimum Gasteiger partial charge on any atom is -0.382 e. The summed E-state index contributed by atoms with van der Waals surface area (Å²) < 4.78 is 18.9. The largest absolute Gasteiger partial charge is 0.382 e. The van der Waals surface area contributed by atoms with E-state index in [1.54, 1.807) is 16.9 Å². The third-order valence-corrected chi connectivity index (χ3v) is 6.82. The maximum Gasteiger partial charge on any atom is 0.153 e. The van der Waals surface area contributed by atoms with Gasteiger partial charge in [-0.2, -0.15) is 10.2 Å². The molecule has 0 aliphatic heterocycles. The molecule has 0 atom stereocenters. The molecule has 1 fully saturated rings. The second kappa shape index (κ2) is 6.80. The molecule has 2 heterocycles. The van der Waals surface area contributed by atoms with Crippen molar-refractivity contribution in [3.8, 4) is 0 Å². The molecule has 32 heavy (non-hydrogen) atoms. The van der Waals surface area contributed by atoms with Gasteiger partial charge in [0, 0.05) is 28.8 Å². The normalized spacial score (nSPS) is 15.2. The Morgan fingerprint density at radius 2 is 1.78 bits per heavy atom. The minimum absolute atomic E-state index is 0.0403. The molecule has 4 aromatic rings. The highest BCUT2D eigenvalue weighted by Gasteiger charge is 2.34. The first-order chi connectivity index (χ1) is 15.0. The van der Waals surface area contributed by atoms with Gasteiger partial charge in [-0.05, 0) is 53.5 Å². The first kappa shape index (κ1) is 21.0. The molecule has 0 bridgehead atoms. The molecule has 2 aromatic heterocycles.